The fourth-order valence-corrected chi connectivity index (χ4v) is 3.30. The smallest absolute Gasteiger partial charge is 0.259 e. The number of fused-ring (bicyclic) bond motifs is 1. The molecule has 3 aromatic rings. The first-order chi connectivity index (χ1) is 13.6. The van der Waals surface area contributed by atoms with Crippen molar-refractivity contribution in [3.8, 4) is 16.9 Å². The maximum Gasteiger partial charge on any atom is 0.259 e. The topological polar surface area (TPSA) is 40.5 Å². The maximum absolute atomic E-state index is 13.2. The van der Waals surface area contributed by atoms with E-state index in [1.165, 1.54) is 6.26 Å². The van der Waals surface area contributed by atoms with Crippen LogP contribution in [0.3, 0.4) is 0 Å². The van der Waals surface area contributed by atoms with Gasteiger partial charge in [-0.15, -0.1) is 0 Å². The van der Waals surface area contributed by atoms with E-state index < -0.39 is 0 Å². The van der Waals surface area contributed by atoms with Crippen LogP contribution >= 0.6 is 0 Å². The summed E-state index contributed by atoms with van der Waals surface area (Å²) in [4.78, 5) is 13.2. The van der Waals surface area contributed by atoms with E-state index >= 15 is 0 Å². The van der Waals surface area contributed by atoms with Gasteiger partial charge in [0.05, 0.1) is 25.0 Å². The molecule has 4 heteroatoms. The van der Waals surface area contributed by atoms with Crippen LogP contribution in [0.5, 0.6) is 5.75 Å². The van der Waals surface area contributed by atoms with E-state index in [1.807, 2.05) is 73.0 Å². The standard InChI is InChI=1S/C24H27NO3/c1-4-27-14-8-9-15-28-21-13-12-20-16-22(19-10-6-5-7-11-19)24(26)25(18(2)3)23(20)17-21/h4-7,10-13,16-18H,1,8-9,14-15H2,2-3H3. The van der Waals surface area contributed by atoms with Crippen molar-refractivity contribution in [2.75, 3.05) is 13.2 Å². The van der Waals surface area contributed by atoms with Crippen LogP contribution in [0.15, 0.2) is 72.2 Å². The van der Waals surface area contributed by atoms with Gasteiger partial charge in [0.2, 0.25) is 0 Å². The quantitative estimate of drug-likeness (QED) is 0.362. The zero-order valence-electron chi connectivity index (χ0n) is 16.6. The predicted molar refractivity (Wildman–Crippen MR) is 115 cm³/mol. The third kappa shape index (κ3) is 4.45. The molecule has 0 saturated carbocycles. The molecule has 28 heavy (non-hydrogen) atoms. The average molecular weight is 377 g/mol. The summed E-state index contributed by atoms with van der Waals surface area (Å²) in [5, 5.41) is 1.03. The molecule has 2 aromatic carbocycles. The Morgan fingerprint density at radius 1 is 1.04 bits per heavy atom. The van der Waals surface area contributed by atoms with Crippen molar-refractivity contribution in [3.63, 3.8) is 0 Å². The summed E-state index contributed by atoms with van der Waals surface area (Å²) in [7, 11) is 0. The highest BCUT2D eigenvalue weighted by molar-refractivity contribution is 5.85. The lowest BCUT2D eigenvalue weighted by Crippen LogP contribution is -2.23. The molecule has 0 aliphatic rings. The molecule has 1 aromatic heterocycles. The van der Waals surface area contributed by atoms with E-state index in [2.05, 4.69) is 6.58 Å². The predicted octanol–water partition coefficient (Wildman–Crippen LogP) is 5.57. The second-order valence-electron chi connectivity index (χ2n) is 7.01. The van der Waals surface area contributed by atoms with Gasteiger partial charge in [-0.25, -0.2) is 0 Å². The number of aromatic nitrogens is 1. The first kappa shape index (κ1) is 19.7. The molecule has 0 N–H and O–H groups in total. The second kappa shape index (κ2) is 9.27. The Bertz CT molecular complexity index is 990. The van der Waals surface area contributed by atoms with E-state index in [4.69, 9.17) is 9.47 Å². The molecule has 0 aliphatic heterocycles. The number of benzene rings is 2. The summed E-state index contributed by atoms with van der Waals surface area (Å²) in [5.41, 5.74) is 2.57. The minimum absolute atomic E-state index is 0.0208. The molecule has 0 fully saturated rings. The van der Waals surface area contributed by atoms with Gasteiger partial charge < -0.3 is 14.0 Å². The van der Waals surface area contributed by atoms with Crippen LogP contribution in [0, 0.1) is 0 Å². The Hall–Kier alpha value is -3.01. The number of hydrogen-bond donors (Lipinski definition) is 0. The Labute approximate surface area is 166 Å². The number of hydrogen-bond acceptors (Lipinski definition) is 3. The van der Waals surface area contributed by atoms with E-state index in [1.54, 1.807) is 0 Å². The molecule has 0 bridgehead atoms. The maximum atomic E-state index is 13.2. The highest BCUT2D eigenvalue weighted by atomic mass is 16.5. The summed E-state index contributed by atoms with van der Waals surface area (Å²) >= 11 is 0. The first-order valence-electron chi connectivity index (χ1n) is 9.72. The van der Waals surface area contributed by atoms with Crippen LogP contribution < -0.4 is 10.3 Å². The van der Waals surface area contributed by atoms with Gasteiger partial charge in [0.1, 0.15) is 5.75 Å². The third-order valence-electron chi connectivity index (χ3n) is 4.65. The van der Waals surface area contributed by atoms with Gasteiger partial charge in [-0.2, -0.15) is 0 Å². The van der Waals surface area contributed by atoms with Gasteiger partial charge in [-0.3, -0.25) is 4.79 Å². The van der Waals surface area contributed by atoms with Gasteiger partial charge >= 0.3 is 0 Å². The van der Waals surface area contributed by atoms with Crippen LogP contribution in [0.2, 0.25) is 0 Å². The minimum Gasteiger partial charge on any atom is -0.502 e. The molecule has 1 heterocycles. The molecule has 4 nitrogen and oxygen atoms in total. The fourth-order valence-electron chi connectivity index (χ4n) is 3.30. The number of pyridine rings is 1. The molecular weight excluding hydrogens is 350 g/mol. The van der Waals surface area contributed by atoms with E-state index in [0.717, 1.165) is 40.6 Å². The average Bonchev–Trinajstić information content (AvgIpc) is 2.70. The summed E-state index contributed by atoms with van der Waals surface area (Å²) in [5.74, 6) is 0.776. The van der Waals surface area contributed by atoms with Crippen molar-refractivity contribution < 1.29 is 9.47 Å². The van der Waals surface area contributed by atoms with Gasteiger partial charge in [0.15, 0.2) is 0 Å². The Morgan fingerprint density at radius 3 is 2.50 bits per heavy atom. The zero-order chi connectivity index (χ0) is 19.9. The highest BCUT2D eigenvalue weighted by Crippen LogP contribution is 2.26. The van der Waals surface area contributed by atoms with Gasteiger partial charge in [-0.1, -0.05) is 36.9 Å². The molecule has 0 aliphatic carbocycles. The zero-order valence-corrected chi connectivity index (χ0v) is 16.6. The van der Waals surface area contributed by atoms with E-state index in [9.17, 15) is 4.79 Å². The Balaban J connectivity index is 1.91. The first-order valence-corrected chi connectivity index (χ1v) is 9.72. The van der Waals surface area contributed by atoms with Crippen LogP contribution in [0.1, 0.15) is 32.7 Å². The van der Waals surface area contributed by atoms with E-state index in [0.29, 0.717) is 13.2 Å². The van der Waals surface area contributed by atoms with Crippen molar-refractivity contribution in [3.05, 3.63) is 77.8 Å². The summed E-state index contributed by atoms with van der Waals surface area (Å²) < 4.78 is 12.9. The lowest BCUT2D eigenvalue weighted by Gasteiger charge is -2.17. The SMILES string of the molecule is C=COCCCCOc1ccc2cc(-c3ccccc3)c(=O)n(C(C)C)c2c1. The second-order valence-corrected chi connectivity index (χ2v) is 7.01. The molecule has 0 saturated heterocycles. The van der Waals surface area contributed by atoms with Gasteiger partial charge in [0, 0.05) is 17.7 Å². The van der Waals surface area contributed by atoms with Crippen molar-refractivity contribution in [2.45, 2.75) is 32.7 Å². The lowest BCUT2D eigenvalue weighted by molar-refractivity contribution is 0.226. The van der Waals surface area contributed by atoms with Crippen molar-refractivity contribution in [1.29, 1.82) is 0 Å². The van der Waals surface area contributed by atoms with Crippen LogP contribution in [0.4, 0.5) is 0 Å². The van der Waals surface area contributed by atoms with Crippen molar-refractivity contribution in [1.82, 2.24) is 4.57 Å². The molecule has 0 unspecified atom stereocenters. The van der Waals surface area contributed by atoms with E-state index in [-0.39, 0.29) is 11.6 Å². The van der Waals surface area contributed by atoms with Crippen LogP contribution in [-0.2, 0) is 4.74 Å². The van der Waals surface area contributed by atoms with Gasteiger partial charge in [0.25, 0.3) is 5.56 Å². The van der Waals surface area contributed by atoms with Crippen LogP contribution in [0.25, 0.3) is 22.0 Å². The molecule has 0 radical (unpaired) electrons. The summed E-state index contributed by atoms with van der Waals surface area (Å²) in [6.45, 7) is 8.85. The molecular formula is C24H27NO3. The fraction of sp³-hybridized carbons (Fsp3) is 0.292. The molecule has 3 rings (SSSR count). The Morgan fingerprint density at radius 2 is 1.79 bits per heavy atom. The Kier molecular flexibility index (Phi) is 6.53. The highest BCUT2D eigenvalue weighted by Gasteiger charge is 2.14. The number of rotatable bonds is 9. The molecule has 146 valence electrons. The molecule has 0 spiro atoms. The number of nitrogens with zero attached hydrogens (tertiary/aromatic N) is 1. The largest absolute Gasteiger partial charge is 0.502 e. The molecule has 0 amide bonds. The van der Waals surface area contributed by atoms with Gasteiger partial charge in [-0.05, 0) is 55.8 Å². The monoisotopic (exact) mass is 377 g/mol. The third-order valence-corrected chi connectivity index (χ3v) is 4.65. The summed E-state index contributed by atoms with van der Waals surface area (Å²) in [6.07, 6.45) is 3.27. The number of unbranched alkanes of at least 4 members (excludes halogenated alkanes) is 1. The summed E-state index contributed by atoms with van der Waals surface area (Å²) in [6, 6.07) is 17.8. The molecule has 0 atom stereocenters. The normalized spacial score (nSPS) is 11.0. The van der Waals surface area contributed by atoms with Crippen molar-refractivity contribution >= 4 is 10.9 Å². The van der Waals surface area contributed by atoms with Crippen molar-refractivity contribution in [2.24, 2.45) is 0 Å². The lowest BCUT2D eigenvalue weighted by atomic mass is 10.0. The van der Waals surface area contributed by atoms with Crippen LogP contribution in [-0.4, -0.2) is 17.8 Å². The minimum atomic E-state index is 0.0208. The number of ether oxygens (including phenoxy) is 2.